The van der Waals surface area contributed by atoms with Gasteiger partial charge >= 0.3 is 0 Å². The van der Waals surface area contributed by atoms with Crippen molar-refractivity contribution in [2.24, 2.45) is 0 Å². The highest BCUT2D eigenvalue weighted by Gasteiger charge is 2.38. The molecule has 0 heterocycles. The van der Waals surface area contributed by atoms with Gasteiger partial charge < -0.3 is 5.32 Å². The second-order valence-corrected chi connectivity index (χ2v) is 8.52. The second kappa shape index (κ2) is 6.00. The van der Waals surface area contributed by atoms with Gasteiger partial charge in [-0.3, -0.25) is 0 Å². The molecule has 0 aliphatic heterocycles. The molecule has 0 amide bonds. The summed E-state index contributed by atoms with van der Waals surface area (Å²) >= 11 is 12.1. The molecular formula is C13H19Cl2NO2S. The van der Waals surface area contributed by atoms with Crippen LogP contribution in [-0.4, -0.2) is 32.5 Å². The van der Waals surface area contributed by atoms with Gasteiger partial charge in [0.05, 0.1) is 14.8 Å². The number of likely N-dealkylation sites (N-methyl/N-ethyl adjacent to an activating group) is 1. The van der Waals surface area contributed by atoms with Gasteiger partial charge in [0.2, 0.25) is 0 Å². The largest absolute Gasteiger partial charge is 0.315 e. The van der Waals surface area contributed by atoms with Gasteiger partial charge in [0.15, 0.2) is 9.84 Å². The van der Waals surface area contributed by atoms with Crippen molar-refractivity contribution in [2.45, 2.75) is 31.1 Å². The molecule has 1 N–H and O–H groups in total. The lowest BCUT2D eigenvalue weighted by atomic mass is 9.95. The summed E-state index contributed by atoms with van der Waals surface area (Å²) in [5.41, 5.74) is 0.838. The summed E-state index contributed by atoms with van der Waals surface area (Å²) in [6.07, 6.45) is 1.74. The molecule has 19 heavy (non-hydrogen) atoms. The van der Waals surface area contributed by atoms with Crippen molar-refractivity contribution >= 4 is 33.0 Å². The molecule has 1 atom stereocenters. The highest BCUT2D eigenvalue weighted by molar-refractivity contribution is 7.92. The molecule has 108 valence electrons. The molecule has 0 aromatic heterocycles. The number of halogens is 2. The van der Waals surface area contributed by atoms with E-state index >= 15 is 0 Å². The van der Waals surface area contributed by atoms with Crippen LogP contribution < -0.4 is 5.32 Å². The Labute approximate surface area is 125 Å². The maximum absolute atomic E-state index is 11.9. The summed E-state index contributed by atoms with van der Waals surface area (Å²) in [6.45, 7) is 3.42. The minimum atomic E-state index is -3.20. The van der Waals surface area contributed by atoms with E-state index in [4.69, 9.17) is 23.2 Å². The average Bonchev–Trinajstić information content (AvgIpc) is 2.29. The number of nitrogens with one attached hydrogen (secondary N) is 1. The van der Waals surface area contributed by atoms with Crippen molar-refractivity contribution in [3.63, 3.8) is 0 Å². The molecule has 1 rings (SSSR count). The Hall–Kier alpha value is -0.290. The molecule has 0 radical (unpaired) electrons. The van der Waals surface area contributed by atoms with Crippen LogP contribution in [0.5, 0.6) is 0 Å². The van der Waals surface area contributed by atoms with Gasteiger partial charge in [-0.1, -0.05) is 35.3 Å². The lowest BCUT2D eigenvalue weighted by molar-refractivity contribution is 0.431. The molecule has 0 fully saturated rings. The van der Waals surface area contributed by atoms with Crippen LogP contribution in [0.1, 0.15) is 19.4 Å². The molecule has 0 aliphatic carbocycles. The number of benzene rings is 1. The minimum absolute atomic E-state index is 0.251. The Morgan fingerprint density at radius 1 is 1.32 bits per heavy atom. The third-order valence-electron chi connectivity index (χ3n) is 3.60. The first-order valence-electron chi connectivity index (χ1n) is 5.91. The zero-order valence-corrected chi connectivity index (χ0v) is 13.8. The van der Waals surface area contributed by atoms with Crippen LogP contribution in [0.2, 0.25) is 10.0 Å². The summed E-state index contributed by atoms with van der Waals surface area (Å²) in [5.74, 6) is 0. The zero-order chi connectivity index (χ0) is 14.8. The van der Waals surface area contributed by atoms with Crippen LogP contribution in [0.15, 0.2) is 18.2 Å². The SMILES string of the molecule is CNC(Cc1cccc(Cl)c1Cl)C(C)(C)S(C)(=O)=O. The van der Waals surface area contributed by atoms with E-state index in [0.29, 0.717) is 16.5 Å². The molecule has 1 unspecified atom stereocenters. The van der Waals surface area contributed by atoms with Gasteiger partial charge in [0.1, 0.15) is 0 Å². The van der Waals surface area contributed by atoms with Gasteiger partial charge in [-0.05, 0) is 38.9 Å². The fourth-order valence-electron chi connectivity index (χ4n) is 1.88. The Bertz CT molecular complexity index is 556. The average molecular weight is 324 g/mol. The van der Waals surface area contributed by atoms with Crippen LogP contribution in [0.3, 0.4) is 0 Å². The predicted molar refractivity (Wildman–Crippen MR) is 81.9 cm³/mol. The maximum atomic E-state index is 11.9. The van der Waals surface area contributed by atoms with Crippen molar-refractivity contribution in [1.82, 2.24) is 5.32 Å². The van der Waals surface area contributed by atoms with E-state index in [1.54, 1.807) is 27.0 Å². The molecule has 0 saturated carbocycles. The van der Waals surface area contributed by atoms with Gasteiger partial charge in [-0.25, -0.2) is 8.42 Å². The normalized spacial score (nSPS) is 14.4. The zero-order valence-electron chi connectivity index (χ0n) is 11.5. The number of sulfone groups is 1. The second-order valence-electron chi connectivity index (χ2n) is 5.13. The molecule has 1 aromatic carbocycles. The third-order valence-corrected chi connectivity index (χ3v) is 6.65. The Morgan fingerprint density at radius 3 is 2.37 bits per heavy atom. The monoisotopic (exact) mass is 323 g/mol. The summed E-state index contributed by atoms with van der Waals surface area (Å²) < 4.78 is 22.9. The van der Waals surface area contributed by atoms with Crippen molar-refractivity contribution in [3.8, 4) is 0 Å². The molecule has 0 bridgehead atoms. The van der Waals surface area contributed by atoms with Gasteiger partial charge in [0.25, 0.3) is 0 Å². The summed E-state index contributed by atoms with van der Waals surface area (Å²) in [7, 11) is -1.45. The van der Waals surface area contributed by atoms with E-state index < -0.39 is 14.6 Å². The molecule has 1 aromatic rings. The van der Waals surface area contributed by atoms with Crippen LogP contribution >= 0.6 is 23.2 Å². The smallest absolute Gasteiger partial charge is 0.154 e. The van der Waals surface area contributed by atoms with E-state index in [0.717, 1.165) is 5.56 Å². The van der Waals surface area contributed by atoms with Crippen molar-refractivity contribution in [3.05, 3.63) is 33.8 Å². The third kappa shape index (κ3) is 3.63. The quantitative estimate of drug-likeness (QED) is 0.906. The van der Waals surface area contributed by atoms with Crippen LogP contribution in [0.4, 0.5) is 0 Å². The fourth-order valence-corrected chi connectivity index (χ4v) is 3.00. The minimum Gasteiger partial charge on any atom is -0.315 e. The molecule has 0 aliphatic rings. The Balaban J connectivity index is 3.11. The van der Waals surface area contributed by atoms with E-state index in [-0.39, 0.29) is 6.04 Å². The Kier molecular flexibility index (Phi) is 5.29. The number of hydrogen-bond acceptors (Lipinski definition) is 3. The van der Waals surface area contributed by atoms with E-state index in [9.17, 15) is 8.42 Å². The summed E-state index contributed by atoms with van der Waals surface area (Å²) in [4.78, 5) is 0. The van der Waals surface area contributed by atoms with E-state index in [2.05, 4.69) is 5.32 Å². The van der Waals surface area contributed by atoms with Crippen molar-refractivity contribution < 1.29 is 8.42 Å². The maximum Gasteiger partial charge on any atom is 0.154 e. The fraction of sp³-hybridized carbons (Fsp3) is 0.538. The Morgan fingerprint density at radius 2 is 1.89 bits per heavy atom. The van der Waals surface area contributed by atoms with E-state index in [1.165, 1.54) is 6.26 Å². The molecule has 0 spiro atoms. The standard InChI is InChI=1S/C13H19Cl2NO2S/c1-13(2,19(4,17)18)11(16-3)8-9-6-5-7-10(14)12(9)15/h5-7,11,16H,8H2,1-4H3. The van der Waals surface area contributed by atoms with Crippen LogP contribution in [-0.2, 0) is 16.3 Å². The first-order valence-corrected chi connectivity index (χ1v) is 8.55. The molecule has 3 nitrogen and oxygen atoms in total. The highest BCUT2D eigenvalue weighted by Crippen LogP contribution is 2.29. The number of rotatable bonds is 5. The molecule has 0 saturated heterocycles. The molecular weight excluding hydrogens is 305 g/mol. The van der Waals surface area contributed by atoms with Crippen LogP contribution in [0, 0.1) is 0 Å². The predicted octanol–water partition coefficient (Wildman–Crippen LogP) is 2.95. The van der Waals surface area contributed by atoms with Crippen molar-refractivity contribution in [2.75, 3.05) is 13.3 Å². The summed E-state index contributed by atoms with van der Waals surface area (Å²) in [6, 6.07) is 5.13. The van der Waals surface area contributed by atoms with Crippen molar-refractivity contribution in [1.29, 1.82) is 0 Å². The van der Waals surface area contributed by atoms with Gasteiger partial charge in [0, 0.05) is 12.3 Å². The highest BCUT2D eigenvalue weighted by atomic mass is 35.5. The topological polar surface area (TPSA) is 46.2 Å². The van der Waals surface area contributed by atoms with Gasteiger partial charge in [-0.15, -0.1) is 0 Å². The lowest BCUT2D eigenvalue weighted by Crippen LogP contribution is -2.51. The van der Waals surface area contributed by atoms with Crippen LogP contribution in [0.25, 0.3) is 0 Å². The van der Waals surface area contributed by atoms with Gasteiger partial charge in [-0.2, -0.15) is 0 Å². The summed E-state index contributed by atoms with van der Waals surface area (Å²) in [5, 5.41) is 4.02. The first kappa shape index (κ1) is 16.8. The lowest BCUT2D eigenvalue weighted by Gasteiger charge is -2.32. The van der Waals surface area contributed by atoms with E-state index in [1.807, 2.05) is 12.1 Å². The molecule has 6 heteroatoms. The number of hydrogen-bond donors (Lipinski definition) is 1. The first-order chi connectivity index (χ1) is 8.61.